The average Bonchev–Trinajstić information content (AvgIpc) is 2.82. The van der Waals surface area contributed by atoms with Gasteiger partial charge >= 0.3 is 0 Å². The van der Waals surface area contributed by atoms with Crippen molar-refractivity contribution in [3.8, 4) is 0 Å². The third-order valence-corrected chi connectivity index (χ3v) is 3.58. The molecule has 0 fully saturated rings. The van der Waals surface area contributed by atoms with Crippen LogP contribution in [0.3, 0.4) is 0 Å². The van der Waals surface area contributed by atoms with Crippen molar-refractivity contribution >= 4 is 51.6 Å². The van der Waals surface area contributed by atoms with E-state index in [0.29, 0.717) is 26.2 Å². The van der Waals surface area contributed by atoms with E-state index in [9.17, 15) is 4.79 Å². The molecule has 3 aromatic rings. The molecule has 0 spiro atoms. The Morgan fingerprint density at radius 2 is 1.65 bits per heavy atom. The number of rotatable bonds is 2. The number of para-hydroxylation sites is 1. The van der Waals surface area contributed by atoms with E-state index >= 15 is 0 Å². The first-order valence-electron chi connectivity index (χ1n) is 5.73. The Morgan fingerprint density at radius 1 is 0.950 bits per heavy atom. The molecule has 0 bridgehead atoms. The van der Waals surface area contributed by atoms with Crippen LogP contribution in [0.4, 0.5) is 0 Å². The average molecular weight is 326 g/mol. The van der Waals surface area contributed by atoms with E-state index < -0.39 is 0 Å². The molecule has 2 aromatic carbocycles. The predicted molar refractivity (Wildman–Crippen MR) is 81.1 cm³/mol. The fraction of sp³-hybridized carbons (Fsp3) is 0. The van der Waals surface area contributed by atoms with Crippen molar-refractivity contribution in [3.05, 3.63) is 68.9 Å². The lowest BCUT2D eigenvalue weighted by Gasteiger charge is -2.00. The van der Waals surface area contributed by atoms with Crippen LogP contribution >= 0.6 is 34.8 Å². The number of hydrogen-bond donors (Lipinski definition) is 0. The van der Waals surface area contributed by atoms with Gasteiger partial charge in [0.05, 0.1) is 5.02 Å². The van der Waals surface area contributed by atoms with Crippen LogP contribution in [0.1, 0.15) is 16.1 Å². The molecule has 0 radical (unpaired) electrons. The molecular formula is C15H7Cl3O2. The summed E-state index contributed by atoms with van der Waals surface area (Å²) >= 11 is 17.8. The van der Waals surface area contributed by atoms with Crippen molar-refractivity contribution in [1.29, 1.82) is 0 Å². The van der Waals surface area contributed by atoms with Crippen LogP contribution in [0, 0.1) is 0 Å². The van der Waals surface area contributed by atoms with Gasteiger partial charge in [0.25, 0.3) is 0 Å². The molecule has 0 aliphatic carbocycles. The van der Waals surface area contributed by atoms with E-state index in [-0.39, 0.29) is 11.5 Å². The van der Waals surface area contributed by atoms with E-state index in [0.717, 1.165) is 5.39 Å². The predicted octanol–water partition coefficient (Wildman–Crippen LogP) is 5.62. The Morgan fingerprint density at radius 3 is 2.30 bits per heavy atom. The summed E-state index contributed by atoms with van der Waals surface area (Å²) < 4.78 is 5.53. The molecule has 1 aromatic heterocycles. The van der Waals surface area contributed by atoms with Crippen molar-refractivity contribution in [3.63, 3.8) is 0 Å². The van der Waals surface area contributed by atoms with Gasteiger partial charge in [0.15, 0.2) is 11.3 Å². The minimum atomic E-state index is -0.290. The van der Waals surface area contributed by atoms with Crippen molar-refractivity contribution in [2.24, 2.45) is 0 Å². The zero-order chi connectivity index (χ0) is 14.3. The number of ketones is 1. The van der Waals surface area contributed by atoms with Gasteiger partial charge in [-0.3, -0.25) is 4.79 Å². The normalized spacial score (nSPS) is 10.9. The Balaban J connectivity index is 2.10. The maximum atomic E-state index is 12.4. The number of fused-ring (bicyclic) bond motifs is 1. The van der Waals surface area contributed by atoms with Gasteiger partial charge in [-0.05, 0) is 30.3 Å². The topological polar surface area (TPSA) is 30.2 Å². The summed E-state index contributed by atoms with van der Waals surface area (Å²) in [6, 6.07) is 11.6. The summed E-state index contributed by atoms with van der Waals surface area (Å²) in [5.74, 6) is -0.0897. The number of carbonyl (C=O) groups excluding carboxylic acids is 1. The van der Waals surface area contributed by atoms with Crippen LogP contribution < -0.4 is 0 Å². The first-order valence-corrected chi connectivity index (χ1v) is 6.87. The lowest BCUT2D eigenvalue weighted by molar-refractivity contribution is 0.101. The highest BCUT2D eigenvalue weighted by atomic mass is 35.5. The summed E-state index contributed by atoms with van der Waals surface area (Å²) in [7, 11) is 0. The van der Waals surface area contributed by atoms with Crippen LogP contribution in [0.15, 0.2) is 46.9 Å². The minimum Gasteiger partial charge on any atom is -0.451 e. The van der Waals surface area contributed by atoms with Crippen LogP contribution in [0.5, 0.6) is 0 Å². The van der Waals surface area contributed by atoms with Crippen molar-refractivity contribution in [1.82, 2.24) is 0 Å². The maximum Gasteiger partial charge on any atom is 0.228 e. The summed E-state index contributed by atoms with van der Waals surface area (Å²) in [6.45, 7) is 0. The van der Waals surface area contributed by atoms with Crippen molar-refractivity contribution in [2.75, 3.05) is 0 Å². The van der Waals surface area contributed by atoms with Crippen LogP contribution in [0.25, 0.3) is 11.0 Å². The van der Waals surface area contributed by atoms with Gasteiger partial charge in [0, 0.05) is 21.0 Å². The molecule has 0 saturated heterocycles. The first-order chi connectivity index (χ1) is 9.54. The highest BCUT2D eigenvalue weighted by Crippen LogP contribution is 2.28. The third-order valence-electron chi connectivity index (χ3n) is 2.84. The monoisotopic (exact) mass is 324 g/mol. The molecule has 0 aliphatic heterocycles. The minimum absolute atomic E-state index is 0.200. The SMILES string of the molecule is O=C(c1cc(Cl)cc(Cl)c1)c1cc2cccc(Cl)c2o1. The summed E-state index contributed by atoms with van der Waals surface area (Å²) in [6.07, 6.45) is 0. The summed E-state index contributed by atoms with van der Waals surface area (Å²) in [5.41, 5.74) is 0.864. The van der Waals surface area contributed by atoms with Gasteiger partial charge in [0.1, 0.15) is 0 Å². The number of hydrogen-bond acceptors (Lipinski definition) is 2. The number of benzene rings is 2. The van der Waals surface area contributed by atoms with Gasteiger partial charge in [-0.1, -0.05) is 46.9 Å². The molecule has 0 unspecified atom stereocenters. The largest absolute Gasteiger partial charge is 0.451 e. The van der Waals surface area contributed by atoms with Crippen LogP contribution in [-0.2, 0) is 0 Å². The summed E-state index contributed by atoms with van der Waals surface area (Å²) in [4.78, 5) is 12.4. The van der Waals surface area contributed by atoms with E-state index in [1.165, 1.54) is 0 Å². The molecule has 0 atom stereocenters. The zero-order valence-electron chi connectivity index (χ0n) is 9.99. The van der Waals surface area contributed by atoms with E-state index in [1.54, 1.807) is 36.4 Å². The lowest BCUT2D eigenvalue weighted by Crippen LogP contribution is -1.99. The molecule has 100 valence electrons. The molecule has 3 rings (SSSR count). The zero-order valence-corrected chi connectivity index (χ0v) is 12.3. The quantitative estimate of drug-likeness (QED) is 0.572. The summed E-state index contributed by atoms with van der Waals surface area (Å²) in [5, 5.41) is 2.03. The second kappa shape index (κ2) is 5.13. The Bertz CT molecular complexity index is 801. The molecule has 0 aliphatic rings. The van der Waals surface area contributed by atoms with E-state index in [1.807, 2.05) is 6.07 Å². The van der Waals surface area contributed by atoms with E-state index in [4.69, 9.17) is 39.2 Å². The number of halogens is 3. The Kier molecular flexibility index (Phi) is 3.47. The second-order valence-electron chi connectivity index (χ2n) is 4.26. The molecule has 0 amide bonds. The lowest BCUT2D eigenvalue weighted by atomic mass is 10.1. The van der Waals surface area contributed by atoms with Crippen LogP contribution in [-0.4, -0.2) is 5.78 Å². The highest BCUT2D eigenvalue weighted by Gasteiger charge is 2.16. The first kappa shape index (κ1) is 13.5. The molecule has 20 heavy (non-hydrogen) atoms. The van der Waals surface area contributed by atoms with Gasteiger partial charge in [-0.15, -0.1) is 0 Å². The molecule has 0 N–H and O–H groups in total. The van der Waals surface area contributed by atoms with Crippen molar-refractivity contribution in [2.45, 2.75) is 0 Å². The van der Waals surface area contributed by atoms with Gasteiger partial charge in [-0.2, -0.15) is 0 Å². The molecule has 5 heteroatoms. The van der Waals surface area contributed by atoms with E-state index in [2.05, 4.69) is 0 Å². The fourth-order valence-electron chi connectivity index (χ4n) is 1.97. The fourth-order valence-corrected chi connectivity index (χ4v) is 2.71. The Labute approximate surface area is 129 Å². The molecule has 0 saturated carbocycles. The molecule has 1 heterocycles. The third kappa shape index (κ3) is 2.42. The number of carbonyl (C=O) groups is 1. The second-order valence-corrected chi connectivity index (χ2v) is 5.54. The van der Waals surface area contributed by atoms with Gasteiger partial charge in [-0.25, -0.2) is 0 Å². The smallest absolute Gasteiger partial charge is 0.228 e. The maximum absolute atomic E-state index is 12.4. The van der Waals surface area contributed by atoms with Gasteiger partial charge in [0.2, 0.25) is 5.78 Å². The molecular weight excluding hydrogens is 319 g/mol. The van der Waals surface area contributed by atoms with Crippen molar-refractivity contribution < 1.29 is 9.21 Å². The standard InChI is InChI=1S/C15H7Cl3O2/c16-10-4-9(5-11(17)7-10)14(19)13-6-8-2-1-3-12(18)15(8)20-13/h1-7H. The van der Waals surface area contributed by atoms with Gasteiger partial charge < -0.3 is 4.42 Å². The Hall–Kier alpha value is -1.48. The number of furan rings is 1. The molecule has 2 nitrogen and oxygen atoms in total. The highest BCUT2D eigenvalue weighted by molar-refractivity contribution is 6.36. The van der Waals surface area contributed by atoms with Crippen LogP contribution in [0.2, 0.25) is 15.1 Å².